The number of rotatable bonds is 15. The van der Waals surface area contributed by atoms with Crippen LogP contribution in [0.1, 0.15) is 78.1 Å². The molecule has 1 N–H and O–H groups in total. The molecule has 0 aliphatic rings. The Hall–Kier alpha value is -1.59. The monoisotopic (exact) mass is 344 g/mol. The lowest BCUT2D eigenvalue weighted by atomic mass is 10.1. The smallest absolute Gasteiger partial charge is 0.308 e. The molecule has 1 atom stereocenters. The standard InChI is InChI=1S/C18H32O6/c1-3-15(2)18(22)24-14-9-5-4-8-12-17(21)23-13-10-6-7-11-16(19)20/h15H,3-14H2,1-2H3,(H,19,20). The molecule has 0 aromatic carbocycles. The predicted molar refractivity (Wildman–Crippen MR) is 90.6 cm³/mol. The topological polar surface area (TPSA) is 89.9 Å². The zero-order valence-corrected chi connectivity index (χ0v) is 15.1. The van der Waals surface area contributed by atoms with E-state index in [2.05, 4.69) is 0 Å². The molecule has 0 aliphatic heterocycles. The van der Waals surface area contributed by atoms with E-state index >= 15 is 0 Å². The maximum Gasteiger partial charge on any atom is 0.308 e. The van der Waals surface area contributed by atoms with E-state index in [-0.39, 0.29) is 24.3 Å². The first-order chi connectivity index (χ1) is 11.5. The number of carbonyl (C=O) groups is 3. The molecule has 1 unspecified atom stereocenters. The Kier molecular flexibility index (Phi) is 14.0. The molecule has 6 nitrogen and oxygen atoms in total. The van der Waals surface area contributed by atoms with Gasteiger partial charge in [0.05, 0.1) is 19.1 Å². The van der Waals surface area contributed by atoms with E-state index in [0.29, 0.717) is 32.5 Å². The van der Waals surface area contributed by atoms with Gasteiger partial charge in [-0.2, -0.15) is 0 Å². The molecule has 0 aliphatic carbocycles. The van der Waals surface area contributed by atoms with E-state index in [4.69, 9.17) is 14.6 Å². The summed E-state index contributed by atoms with van der Waals surface area (Å²) in [6, 6.07) is 0. The van der Waals surface area contributed by atoms with Crippen molar-refractivity contribution in [2.75, 3.05) is 13.2 Å². The molecule has 0 spiro atoms. The molecule has 24 heavy (non-hydrogen) atoms. The van der Waals surface area contributed by atoms with Crippen molar-refractivity contribution < 1.29 is 29.0 Å². The van der Waals surface area contributed by atoms with Crippen LogP contribution in [0.15, 0.2) is 0 Å². The van der Waals surface area contributed by atoms with Crippen molar-refractivity contribution in [2.24, 2.45) is 5.92 Å². The fraction of sp³-hybridized carbons (Fsp3) is 0.833. The van der Waals surface area contributed by atoms with Crippen molar-refractivity contribution in [3.63, 3.8) is 0 Å². The number of carboxylic acids is 1. The number of unbranched alkanes of at least 4 members (excludes halogenated alkanes) is 5. The molecule has 0 heterocycles. The fourth-order valence-corrected chi connectivity index (χ4v) is 2.02. The van der Waals surface area contributed by atoms with Gasteiger partial charge in [0.25, 0.3) is 0 Å². The summed E-state index contributed by atoms with van der Waals surface area (Å²) in [5.41, 5.74) is 0. The molecular formula is C18H32O6. The van der Waals surface area contributed by atoms with Crippen LogP contribution in [0.25, 0.3) is 0 Å². The van der Waals surface area contributed by atoms with Gasteiger partial charge in [-0.15, -0.1) is 0 Å². The third-order valence-electron chi connectivity index (χ3n) is 3.83. The molecule has 0 amide bonds. The van der Waals surface area contributed by atoms with Crippen molar-refractivity contribution >= 4 is 17.9 Å². The van der Waals surface area contributed by atoms with Crippen LogP contribution in [0.3, 0.4) is 0 Å². The highest BCUT2D eigenvalue weighted by atomic mass is 16.5. The highest BCUT2D eigenvalue weighted by molar-refractivity contribution is 5.71. The highest BCUT2D eigenvalue weighted by Gasteiger charge is 2.11. The van der Waals surface area contributed by atoms with Gasteiger partial charge in [0.2, 0.25) is 0 Å². The number of esters is 2. The molecule has 0 fully saturated rings. The number of carboxylic acid groups (broad SMARTS) is 1. The van der Waals surface area contributed by atoms with E-state index in [1.54, 1.807) is 0 Å². The second kappa shape index (κ2) is 15.0. The maximum atomic E-state index is 11.5. The van der Waals surface area contributed by atoms with Crippen LogP contribution in [0.5, 0.6) is 0 Å². The fourth-order valence-electron chi connectivity index (χ4n) is 2.02. The maximum absolute atomic E-state index is 11.5. The highest BCUT2D eigenvalue weighted by Crippen LogP contribution is 2.07. The average molecular weight is 344 g/mol. The van der Waals surface area contributed by atoms with Crippen molar-refractivity contribution in [2.45, 2.75) is 78.1 Å². The summed E-state index contributed by atoms with van der Waals surface area (Å²) in [6.45, 7) is 4.63. The second-order valence-corrected chi connectivity index (χ2v) is 6.07. The van der Waals surface area contributed by atoms with Gasteiger partial charge in [0.15, 0.2) is 0 Å². The normalized spacial score (nSPS) is 11.8. The molecule has 0 radical (unpaired) electrons. The van der Waals surface area contributed by atoms with Crippen LogP contribution < -0.4 is 0 Å². The van der Waals surface area contributed by atoms with Gasteiger partial charge in [0, 0.05) is 12.8 Å². The summed E-state index contributed by atoms with van der Waals surface area (Å²) in [7, 11) is 0. The summed E-state index contributed by atoms with van der Waals surface area (Å²) in [4.78, 5) is 33.2. The minimum Gasteiger partial charge on any atom is -0.481 e. The van der Waals surface area contributed by atoms with E-state index in [0.717, 1.165) is 38.5 Å². The SMILES string of the molecule is CCC(C)C(=O)OCCCCCCC(=O)OCCCCCC(=O)O. The van der Waals surface area contributed by atoms with Crippen LogP contribution in [0.2, 0.25) is 0 Å². The van der Waals surface area contributed by atoms with Gasteiger partial charge in [-0.1, -0.05) is 26.7 Å². The number of carbonyl (C=O) groups excluding carboxylic acids is 2. The van der Waals surface area contributed by atoms with Crippen LogP contribution in [-0.2, 0) is 23.9 Å². The van der Waals surface area contributed by atoms with E-state index in [9.17, 15) is 14.4 Å². The summed E-state index contributed by atoms with van der Waals surface area (Å²) < 4.78 is 10.2. The molecule has 0 aromatic rings. The Morgan fingerprint density at radius 3 is 2.00 bits per heavy atom. The Balaban J connectivity index is 3.34. The van der Waals surface area contributed by atoms with Gasteiger partial charge < -0.3 is 14.6 Å². The van der Waals surface area contributed by atoms with Crippen molar-refractivity contribution in [3.05, 3.63) is 0 Å². The van der Waals surface area contributed by atoms with E-state index in [1.807, 2.05) is 13.8 Å². The van der Waals surface area contributed by atoms with Crippen molar-refractivity contribution in [1.82, 2.24) is 0 Å². The molecule has 0 saturated carbocycles. The summed E-state index contributed by atoms with van der Waals surface area (Å²) in [5.74, 6) is -1.16. The minimum absolute atomic E-state index is 0.0381. The summed E-state index contributed by atoms with van der Waals surface area (Å²) in [5, 5.41) is 8.49. The molecular weight excluding hydrogens is 312 g/mol. The van der Waals surface area contributed by atoms with E-state index in [1.165, 1.54) is 0 Å². The number of aliphatic carboxylic acids is 1. The summed E-state index contributed by atoms with van der Waals surface area (Å²) in [6.07, 6.45) is 6.88. The number of hydrogen-bond acceptors (Lipinski definition) is 5. The zero-order valence-electron chi connectivity index (χ0n) is 15.1. The molecule has 0 aromatic heterocycles. The van der Waals surface area contributed by atoms with Crippen LogP contribution in [0, 0.1) is 5.92 Å². The lowest BCUT2D eigenvalue weighted by Crippen LogP contribution is -2.14. The number of ether oxygens (including phenoxy) is 2. The predicted octanol–water partition coefficient (Wildman–Crippen LogP) is 3.71. The third kappa shape index (κ3) is 14.0. The second-order valence-electron chi connectivity index (χ2n) is 6.07. The first kappa shape index (κ1) is 22.4. The van der Waals surface area contributed by atoms with Crippen molar-refractivity contribution in [3.8, 4) is 0 Å². The quantitative estimate of drug-likeness (QED) is 0.360. The van der Waals surface area contributed by atoms with Gasteiger partial charge in [-0.3, -0.25) is 14.4 Å². The van der Waals surface area contributed by atoms with Gasteiger partial charge in [0.1, 0.15) is 0 Å². The molecule has 140 valence electrons. The Bertz CT molecular complexity index is 367. The average Bonchev–Trinajstić information content (AvgIpc) is 2.55. The molecule has 0 rings (SSSR count). The van der Waals surface area contributed by atoms with Crippen LogP contribution in [0.4, 0.5) is 0 Å². The lowest BCUT2D eigenvalue weighted by molar-refractivity contribution is -0.148. The van der Waals surface area contributed by atoms with E-state index < -0.39 is 5.97 Å². The van der Waals surface area contributed by atoms with Gasteiger partial charge in [-0.25, -0.2) is 0 Å². The van der Waals surface area contributed by atoms with Crippen LogP contribution in [-0.4, -0.2) is 36.2 Å². The molecule has 0 bridgehead atoms. The molecule has 6 heteroatoms. The zero-order chi connectivity index (χ0) is 18.2. The third-order valence-corrected chi connectivity index (χ3v) is 3.83. The Morgan fingerprint density at radius 1 is 0.833 bits per heavy atom. The lowest BCUT2D eigenvalue weighted by Gasteiger charge is -2.09. The van der Waals surface area contributed by atoms with Gasteiger partial charge in [-0.05, 0) is 38.5 Å². The van der Waals surface area contributed by atoms with Crippen molar-refractivity contribution in [1.29, 1.82) is 0 Å². The first-order valence-electron chi connectivity index (χ1n) is 9.01. The Labute approximate surface area is 144 Å². The van der Waals surface area contributed by atoms with Crippen LogP contribution >= 0.6 is 0 Å². The minimum atomic E-state index is -0.790. The largest absolute Gasteiger partial charge is 0.481 e. The first-order valence-corrected chi connectivity index (χ1v) is 9.01. The van der Waals surface area contributed by atoms with Gasteiger partial charge >= 0.3 is 17.9 Å². The number of hydrogen-bond donors (Lipinski definition) is 1. The Morgan fingerprint density at radius 2 is 1.38 bits per heavy atom. The molecule has 0 saturated heterocycles. The summed E-state index contributed by atoms with van der Waals surface area (Å²) >= 11 is 0.